The number of carbonyl (C=O) groups excluding carboxylic acids is 1. The first-order valence-electron chi connectivity index (χ1n) is 24.5. The van der Waals surface area contributed by atoms with Crippen LogP contribution < -0.4 is 0 Å². The largest absolute Gasteiger partial charge is 0.457 e. The Morgan fingerprint density at radius 3 is 1.51 bits per heavy atom. The maximum absolute atomic E-state index is 12.8. The van der Waals surface area contributed by atoms with Crippen molar-refractivity contribution in [3.05, 3.63) is 72.9 Å². The average Bonchev–Trinajstić information content (AvgIpc) is 3.26. The predicted octanol–water partition coefficient (Wildman–Crippen LogP) is 11.6. The molecule has 1 aliphatic heterocycles. The lowest BCUT2D eigenvalue weighted by Gasteiger charge is -2.39. The van der Waals surface area contributed by atoms with Crippen LogP contribution in [-0.4, -0.2) is 89.6 Å². The molecule has 6 unspecified atom stereocenters. The van der Waals surface area contributed by atoms with Crippen molar-refractivity contribution in [2.45, 2.75) is 224 Å². The van der Waals surface area contributed by atoms with Gasteiger partial charge in [-0.1, -0.05) is 177 Å². The molecule has 0 saturated carbocycles. The van der Waals surface area contributed by atoms with Crippen LogP contribution in [0.3, 0.4) is 0 Å². The van der Waals surface area contributed by atoms with Gasteiger partial charge in [-0.2, -0.15) is 0 Å². The van der Waals surface area contributed by atoms with Crippen molar-refractivity contribution >= 4 is 5.97 Å². The number of unbranched alkanes of at least 4 members (excludes halogenated alkanes) is 18. The van der Waals surface area contributed by atoms with Gasteiger partial charge in [0.15, 0.2) is 6.29 Å². The van der Waals surface area contributed by atoms with Gasteiger partial charge in [-0.3, -0.25) is 4.79 Å². The summed E-state index contributed by atoms with van der Waals surface area (Å²) in [6.45, 7) is 4.38. The van der Waals surface area contributed by atoms with E-state index in [-0.39, 0.29) is 19.2 Å². The molecule has 0 aromatic carbocycles. The topological polar surface area (TPSA) is 135 Å². The molecule has 1 saturated heterocycles. The van der Waals surface area contributed by atoms with Crippen LogP contribution >= 0.6 is 0 Å². The second-order valence-corrected chi connectivity index (χ2v) is 16.5. The highest BCUT2D eigenvalue weighted by Crippen LogP contribution is 2.22. The van der Waals surface area contributed by atoms with E-state index in [0.717, 1.165) is 83.5 Å². The maximum atomic E-state index is 12.8. The van der Waals surface area contributed by atoms with Gasteiger partial charge >= 0.3 is 5.97 Å². The first kappa shape index (κ1) is 56.6. The summed E-state index contributed by atoms with van der Waals surface area (Å²) in [6, 6.07) is 0. The Hall–Kier alpha value is -2.37. The molecule has 352 valence electrons. The van der Waals surface area contributed by atoms with Crippen LogP contribution in [0.2, 0.25) is 0 Å². The van der Waals surface area contributed by atoms with Crippen molar-refractivity contribution in [1.29, 1.82) is 0 Å². The number of carbonyl (C=O) groups is 1. The first-order valence-corrected chi connectivity index (χ1v) is 24.5. The Labute approximate surface area is 372 Å². The fourth-order valence-corrected chi connectivity index (χ4v) is 7.03. The summed E-state index contributed by atoms with van der Waals surface area (Å²) >= 11 is 0. The fraction of sp³-hybridized carbons (Fsp3) is 0.750. The molecule has 4 N–H and O–H groups in total. The number of hydrogen-bond acceptors (Lipinski definition) is 9. The lowest BCUT2D eigenvalue weighted by Crippen LogP contribution is -2.59. The standard InChI is InChI=1S/C52H90O9/c1-3-5-7-9-11-13-15-17-19-20-21-22-23-24-25-26-27-29-31-33-35-37-39-41-48(54)60-46(45-59-52-51(57)50(56)49(55)47(43-53)61-52)44-58-42-40-38-36-34-32-30-28-18-16-14-12-10-8-6-4-2/h5,7,10-13,16-19,21-22,46-47,49-53,55-57H,3-4,6,8-9,14-15,20,23-45H2,1-2H3/b7-5-,12-10-,13-11-,18-16-,19-17-,22-21-. The minimum atomic E-state index is -1.54. The molecule has 0 aliphatic carbocycles. The number of aliphatic hydroxyl groups excluding tert-OH is 4. The molecule has 0 aromatic rings. The van der Waals surface area contributed by atoms with E-state index >= 15 is 0 Å². The third-order valence-electron chi connectivity index (χ3n) is 10.9. The molecule has 1 aliphatic rings. The van der Waals surface area contributed by atoms with Crippen molar-refractivity contribution in [3.63, 3.8) is 0 Å². The highest BCUT2D eigenvalue weighted by molar-refractivity contribution is 5.69. The van der Waals surface area contributed by atoms with Gasteiger partial charge in [0.05, 0.1) is 19.8 Å². The SMILES string of the molecule is CC/C=C\C/C=C\C/C=C\C/C=C\CCCCCCCCCCCCC(=O)OC(COCCCCCCCC/C=C\C/C=C\CCCC)COC1OC(CO)C(O)C(O)C1O. The normalized spacial score (nSPS) is 20.5. The molecule has 0 bridgehead atoms. The summed E-state index contributed by atoms with van der Waals surface area (Å²) in [5.41, 5.74) is 0. The zero-order valence-electron chi connectivity index (χ0n) is 38.6. The lowest BCUT2D eigenvalue weighted by atomic mass is 9.99. The molecule has 9 heteroatoms. The molecular formula is C52H90O9. The van der Waals surface area contributed by atoms with Crippen LogP contribution in [0.1, 0.15) is 187 Å². The Morgan fingerprint density at radius 2 is 1.00 bits per heavy atom. The third-order valence-corrected chi connectivity index (χ3v) is 10.9. The third kappa shape index (κ3) is 33.8. The van der Waals surface area contributed by atoms with Gasteiger partial charge in [0.1, 0.15) is 30.5 Å². The van der Waals surface area contributed by atoms with Crippen molar-refractivity contribution < 1.29 is 44.2 Å². The van der Waals surface area contributed by atoms with Crippen molar-refractivity contribution in [1.82, 2.24) is 0 Å². The number of hydrogen-bond donors (Lipinski definition) is 4. The Kier molecular flexibility index (Phi) is 39.8. The van der Waals surface area contributed by atoms with Gasteiger partial charge in [-0.05, 0) is 77.0 Å². The minimum absolute atomic E-state index is 0.123. The molecule has 1 fully saturated rings. The molecule has 6 atom stereocenters. The molecular weight excluding hydrogens is 769 g/mol. The van der Waals surface area contributed by atoms with Crippen molar-refractivity contribution in [2.24, 2.45) is 0 Å². The Balaban J connectivity index is 2.22. The number of allylic oxidation sites excluding steroid dienone is 12. The van der Waals surface area contributed by atoms with Gasteiger partial charge in [0, 0.05) is 13.0 Å². The van der Waals surface area contributed by atoms with E-state index in [1.807, 2.05) is 0 Å². The van der Waals surface area contributed by atoms with Gasteiger partial charge < -0.3 is 39.4 Å². The van der Waals surface area contributed by atoms with E-state index in [0.29, 0.717) is 13.0 Å². The molecule has 61 heavy (non-hydrogen) atoms. The van der Waals surface area contributed by atoms with Gasteiger partial charge in [-0.15, -0.1) is 0 Å². The van der Waals surface area contributed by atoms with Crippen LogP contribution in [0.5, 0.6) is 0 Å². The number of ether oxygens (including phenoxy) is 4. The number of esters is 1. The van der Waals surface area contributed by atoms with E-state index in [2.05, 4.69) is 86.8 Å². The van der Waals surface area contributed by atoms with E-state index in [9.17, 15) is 25.2 Å². The lowest BCUT2D eigenvalue weighted by molar-refractivity contribution is -0.305. The summed E-state index contributed by atoms with van der Waals surface area (Å²) in [7, 11) is 0. The van der Waals surface area contributed by atoms with Crippen molar-refractivity contribution in [2.75, 3.05) is 26.4 Å². The van der Waals surface area contributed by atoms with Crippen LogP contribution in [-0.2, 0) is 23.7 Å². The van der Waals surface area contributed by atoms with Crippen LogP contribution in [0.4, 0.5) is 0 Å². The summed E-state index contributed by atoms with van der Waals surface area (Å²) in [5, 5.41) is 40.2. The van der Waals surface area contributed by atoms with E-state index in [4.69, 9.17) is 18.9 Å². The Morgan fingerprint density at radius 1 is 0.541 bits per heavy atom. The molecule has 1 rings (SSSR count). The monoisotopic (exact) mass is 859 g/mol. The summed E-state index contributed by atoms with van der Waals surface area (Å²) < 4.78 is 22.8. The Bertz CT molecular complexity index is 1160. The zero-order chi connectivity index (χ0) is 44.3. The second kappa shape index (κ2) is 42.9. The van der Waals surface area contributed by atoms with E-state index in [1.165, 1.54) is 83.5 Å². The molecule has 1 heterocycles. The fourth-order valence-electron chi connectivity index (χ4n) is 7.03. The second-order valence-electron chi connectivity index (χ2n) is 16.5. The van der Waals surface area contributed by atoms with Crippen molar-refractivity contribution in [3.8, 4) is 0 Å². The quantitative estimate of drug-likeness (QED) is 0.0269. The van der Waals surface area contributed by atoms with Crippen LogP contribution in [0, 0.1) is 0 Å². The smallest absolute Gasteiger partial charge is 0.306 e. The average molecular weight is 859 g/mol. The zero-order valence-corrected chi connectivity index (χ0v) is 38.6. The first-order chi connectivity index (χ1) is 29.9. The molecule has 0 spiro atoms. The van der Waals surface area contributed by atoms with Crippen LogP contribution in [0.25, 0.3) is 0 Å². The predicted molar refractivity (Wildman–Crippen MR) is 251 cm³/mol. The molecule has 0 amide bonds. The molecule has 9 nitrogen and oxygen atoms in total. The minimum Gasteiger partial charge on any atom is -0.457 e. The summed E-state index contributed by atoms with van der Waals surface area (Å²) in [5.74, 6) is -0.324. The van der Waals surface area contributed by atoms with Gasteiger partial charge in [0.25, 0.3) is 0 Å². The summed E-state index contributed by atoms with van der Waals surface area (Å²) in [6.07, 6.45) is 49.3. The molecule has 0 aromatic heterocycles. The van der Waals surface area contributed by atoms with Gasteiger partial charge in [-0.25, -0.2) is 0 Å². The van der Waals surface area contributed by atoms with Gasteiger partial charge in [0.2, 0.25) is 0 Å². The highest BCUT2D eigenvalue weighted by atomic mass is 16.7. The number of rotatable bonds is 41. The van der Waals surface area contributed by atoms with Crippen LogP contribution in [0.15, 0.2) is 72.9 Å². The number of aliphatic hydroxyl groups is 4. The summed E-state index contributed by atoms with van der Waals surface area (Å²) in [4.78, 5) is 12.8. The highest BCUT2D eigenvalue weighted by Gasteiger charge is 2.44. The van der Waals surface area contributed by atoms with E-state index in [1.54, 1.807) is 0 Å². The molecule has 0 radical (unpaired) electrons. The maximum Gasteiger partial charge on any atom is 0.306 e. The van der Waals surface area contributed by atoms with E-state index < -0.39 is 43.4 Å².